The molecule has 1 aromatic carbocycles. The van der Waals surface area contributed by atoms with Gasteiger partial charge in [-0.1, -0.05) is 24.8 Å². The number of amides is 1. The van der Waals surface area contributed by atoms with Crippen molar-refractivity contribution in [1.29, 1.82) is 0 Å². The standard InChI is InChI=1S/C17H16N4O2S/c1-10-14(16(23)20-13-4-2-3-9-18-13)15(21-17(24)19-10)11-5-7-12(22)8-6-11/h2-9,14-15,22H,1H2,(H,18,20,23)(H2,19,21,24). The largest absolute Gasteiger partial charge is 0.508 e. The second-order valence-electron chi connectivity index (χ2n) is 5.37. The first-order valence-corrected chi connectivity index (χ1v) is 7.72. The van der Waals surface area contributed by atoms with Crippen LogP contribution in [0.3, 0.4) is 0 Å². The smallest absolute Gasteiger partial charge is 0.237 e. The molecule has 24 heavy (non-hydrogen) atoms. The lowest BCUT2D eigenvalue weighted by Crippen LogP contribution is -2.51. The van der Waals surface area contributed by atoms with E-state index in [1.807, 2.05) is 0 Å². The summed E-state index contributed by atoms with van der Waals surface area (Å²) >= 11 is 5.18. The fraction of sp³-hybridized carbons (Fsp3) is 0.118. The highest BCUT2D eigenvalue weighted by Crippen LogP contribution is 2.31. The molecule has 1 aliphatic heterocycles. The molecule has 1 aliphatic rings. The van der Waals surface area contributed by atoms with Crippen LogP contribution in [0.15, 0.2) is 60.9 Å². The van der Waals surface area contributed by atoms with Gasteiger partial charge in [-0.25, -0.2) is 4.98 Å². The topological polar surface area (TPSA) is 86.3 Å². The Hall–Kier alpha value is -2.93. The van der Waals surface area contributed by atoms with Gasteiger partial charge in [-0.3, -0.25) is 4.79 Å². The molecule has 1 amide bonds. The molecule has 0 aliphatic carbocycles. The van der Waals surface area contributed by atoms with Gasteiger partial charge in [0.2, 0.25) is 5.91 Å². The van der Waals surface area contributed by atoms with Gasteiger partial charge in [0.15, 0.2) is 5.11 Å². The van der Waals surface area contributed by atoms with Crippen molar-refractivity contribution in [2.75, 3.05) is 5.32 Å². The Balaban J connectivity index is 1.89. The van der Waals surface area contributed by atoms with E-state index in [4.69, 9.17) is 12.2 Å². The van der Waals surface area contributed by atoms with Crippen molar-refractivity contribution < 1.29 is 9.90 Å². The normalized spacial score (nSPS) is 20.0. The van der Waals surface area contributed by atoms with Gasteiger partial charge in [0.1, 0.15) is 17.5 Å². The molecule has 3 rings (SSSR count). The fourth-order valence-corrected chi connectivity index (χ4v) is 2.85. The summed E-state index contributed by atoms with van der Waals surface area (Å²) in [5.41, 5.74) is 1.32. The van der Waals surface area contributed by atoms with Crippen LogP contribution in [-0.4, -0.2) is 21.1 Å². The second kappa shape index (κ2) is 6.67. The van der Waals surface area contributed by atoms with E-state index in [1.165, 1.54) is 0 Å². The Morgan fingerprint density at radius 2 is 2.00 bits per heavy atom. The molecule has 122 valence electrons. The minimum atomic E-state index is -0.594. The van der Waals surface area contributed by atoms with Crippen LogP contribution in [0.5, 0.6) is 5.75 Å². The third kappa shape index (κ3) is 3.36. The molecule has 2 atom stereocenters. The highest BCUT2D eigenvalue weighted by Gasteiger charge is 2.36. The maximum atomic E-state index is 12.8. The fourth-order valence-electron chi connectivity index (χ4n) is 2.59. The molecule has 4 N–H and O–H groups in total. The van der Waals surface area contributed by atoms with Crippen LogP contribution < -0.4 is 16.0 Å². The quantitative estimate of drug-likeness (QED) is 0.640. The van der Waals surface area contributed by atoms with Crippen molar-refractivity contribution in [1.82, 2.24) is 15.6 Å². The summed E-state index contributed by atoms with van der Waals surface area (Å²) in [6.45, 7) is 3.93. The highest BCUT2D eigenvalue weighted by molar-refractivity contribution is 7.80. The Labute approximate surface area is 144 Å². The van der Waals surface area contributed by atoms with E-state index in [9.17, 15) is 9.90 Å². The van der Waals surface area contributed by atoms with Crippen LogP contribution in [0.25, 0.3) is 0 Å². The van der Waals surface area contributed by atoms with Gasteiger partial charge in [-0.15, -0.1) is 0 Å². The molecule has 1 fully saturated rings. The number of hydrogen-bond donors (Lipinski definition) is 4. The number of aromatic nitrogens is 1. The molecule has 0 saturated carbocycles. The van der Waals surface area contributed by atoms with Crippen LogP contribution in [0.4, 0.5) is 5.82 Å². The maximum absolute atomic E-state index is 12.8. The number of phenols is 1. The van der Waals surface area contributed by atoms with E-state index in [-0.39, 0.29) is 11.7 Å². The van der Waals surface area contributed by atoms with Crippen LogP contribution in [-0.2, 0) is 4.79 Å². The zero-order valence-corrected chi connectivity index (χ0v) is 13.5. The molecule has 0 bridgehead atoms. The monoisotopic (exact) mass is 340 g/mol. The van der Waals surface area contributed by atoms with E-state index in [0.717, 1.165) is 5.56 Å². The molecule has 0 radical (unpaired) electrons. The third-order valence-electron chi connectivity index (χ3n) is 3.72. The Morgan fingerprint density at radius 1 is 1.25 bits per heavy atom. The summed E-state index contributed by atoms with van der Waals surface area (Å²) in [5, 5.41) is 18.7. The van der Waals surface area contributed by atoms with E-state index in [0.29, 0.717) is 16.6 Å². The highest BCUT2D eigenvalue weighted by atomic mass is 32.1. The summed E-state index contributed by atoms with van der Waals surface area (Å²) in [6, 6.07) is 11.5. The van der Waals surface area contributed by atoms with Crippen LogP contribution in [0.1, 0.15) is 11.6 Å². The lowest BCUT2D eigenvalue weighted by molar-refractivity contribution is -0.119. The van der Waals surface area contributed by atoms with E-state index in [2.05, 4.69) is 27.5 Å². The number of nitrogens with one attached hydrogen (secondary N) is 3. The number of carbonyl (C=O) groups excluding carboxylic acids is 1. The first kappa shape index (κ1) is 15.9. The van der Waals surface area contributed by atoms with E-state index >= 15 is 0 Å². The first-order chi connectivity index (χ1) is 11.5. The number of aromatic hydroxyl groups is 1. The summed E-state index contributed by atoms with van der Waals surface area (Å²) in [7, 11) is 0. The summed E-state index contributed by atoms with van der Waals surface area (Å²) in [6.07, 6.45) is 1.61. The number of phenolic OH excluding ortho intramolecular Hbond substituents is 1. The van der Waals surface area contributed by atoms with E-state index in [1.54, 1.807) is 48.7 Å². The molecule has 1 aromatic heterocycles. The number of pyridine rings is 1. The Bertz CT molecular complexity index is 777. The number of anilines is 1. The summed E-state index contributed by atoms with van der Waals surface area (Å²) in [4.78, 5) is 16.9. The van der Waals surface area contributed by atoms with Gasteiger partial charge in [-0.05, 0) is 42.0 Å². The second-order valence-corrected chi connectivity index (χ2v) is 5.78. The Morgan fingerprint density at radius 3 is 2.67 bits per heavy atom. The minimum absolute atomic E-state index is 0.156. The molecule has 2 heterocycles. The Kier molecular flexibility index (Phi) is 4.43. The predicted octanol–water partition coefficient (Wildman–Crippen LogP) is 2.07. The molecule has 2 aromatic rings. The molecule has 6 nitrogen and oxygen atoms in total. The lowest BCUT2D eigenvalue weighted by atomic mass is 9.88. The van der Waals surface area contributed by atoms with Crippen LogP contribution in [0.2, 0.25) is 0 Å². The van der Waals surface area contributed by atoms with Crippen molar-refractivity contribution in [3.63, 3.8) is 0 Å². The number of carbonyl (C=O) groups is 1. The number of rotatable bonds is 3. The molecular weight excluding hydrogens is 324 g/mol. The van der Waals surface area contributed by atoms with Gasteiger partial charge in [0.25, 0.3) is 0 Å². The zero-order chi connectivity index (χ0) is 17.1. The predicted molar refractivity (Wildman–Crippen MR) is 95.2 cm³/mol. The van der Waals surface area contributed by atoms with Crippen molar-refractivity contribution in [3.05, 3.63) is 66.5 Å². The number of benzene rings is 1. The van der Waals surface area contributed by atoms with Gasteiger partial charge >= 0.3 is 0 Å². The molecule has 7 heteroatoms. The average molecular weight is 340 g/mol. The van der Waals surface area contributed by atoms with Crippen molar-refractivity contribution in [3.8, 4) is 5.75 Å². The molecule has 2 unspecified atom stereocenters. The van der Waals surface area contributed by atoms with Gasteiger partial charge in [0.05, 0.1) is 6.04 Å². The molecular formula is C17H16N4O2S. The summed E-state index contributed by atoms with van der Waals surface area (Å²) < 4.78 is 0. The van der Waals surface area contributed by atoms with Gasteiger partial charge in [0, 0.05) is 11.9 Å². The van der Waals surface area contributed by atoms with Crippen molar-refractivity contribution in [2.24, 2.45) is 5.92 Å². The van der Waals surface area contributed by atoms with Crippen molar-refractivity contribution in [2.45, 2.75) is 6.04 Å². The van der Waals surface area contributed by atoms with Gasteiger partial charge in [-0.2, -0.15) is 0 Å². The lowest BCUT2D eigenvalue weighted by Gasteiger charge is -2.35. The number of thiocarbonyl (C=S) groups is 1. The van der Waals surface area contributed by atoms with Crippen LogP contribution >= 0.6 is 12.2 Å². The maximum Gasteiger partial charge on any atom is 0.237 e. The zero-order valence-electron chi connectivity index (χ0n) is 12.7. The van der Waals surface area contributed by atoms with Crippen LogP contribution in [0, 0.1) is 5.92 Å². The van der Waals surface area contributed by atoms with Gasteiger partial charge < -0.3 is 21.1 Å². The SMILES string of the molecule is C=C1NC(=S)NC(c2ccc(O)cc2)C1C(=O)Nc1ccccn1. The first-order valence-electron chi connectivity index (χ1n) is 7.32. The minimum Gasteiger partial charge on any atom is -0.508 e. The summed E-state index contributed by atoms with van der Waals surface area (Å²) in [5.74, 6) is -0.223. The third-order valence-corrected chi connectivity index (χ3v) is 3.94. The number of hydrogen-bond acceptors (Lipinski definition) is 4. The number of nitrogens with zero attached hydrogens (tertiary/aromatic N) is 1. The van der Waals surface area contributed by atoms with E-state index < -0.39 is 12.0 Å². The molecule has 1 saturated heterocycles. The average Bonchev–Trinajstić information content (AvgIpc) is 2.55. The molecule has 0 spiro atoms. The van der Waals surface area contributed by atoms with Crippen molar-refractivity contribution >= 4 is 29.1 Å².